The highest BCUT2D eigenvalue weighted by Crippen LogP contribution is 2.09. The topological polar surface area (TPSA) is 79.0 Å². The summed E-state index contributed by atoms with van der Waals surface area (Å²) in [6, 6.07) is 5.18. The fourth-order valence-electron chi connectivity index (χ4n) is 1.04. The molecule has 2 rings (SSSR count). The van der Waals surface area contributed by atoms with E-state index in [4.69, 9.17) is 5.73 Å². The molecule has 5 heteroatoms. The number of fused-ring (bicyclic) bond motifs is 1. The molecular formula is C7H7N3O2. The molecule has 0 aliphatic rings. The third-order valence-electron chi connectivity index (χ3n) is 1.69. The van der Waals surface area contributed by atoms with Crippen LogP contribution in [0.1, 0.15) is 5.56 Å². The van der Waals surface area contributed by atoms with Crippen molar-refractivity contribution in [2.45, 2.75) is 6.54 Å². The first-order valence-corrected chi connectivity index (χ1v) is 3.49. The summed E-state index contributed by atoms with van der Waals surface area (Å²) in [5, 5.41) is 14.4. The molecule has 62 valence electrons. The van der Waals surface area contributed by atoms with Gasteiger partial charge in [0.15, 0.2) is 0 Å². The number of rotatable bonds is 1. The second-order valence-corrected chi connectivity index (χ2v) is 2.46. The molecular weight excluding hydrogens is 158 g/mol. The third-order valence-corrected chi connectivity index (χ3v) is 1.69. The summed E-state index contributed by atoms with van der Waals surface area (Å²) < 4.78 is 4.38. The summed E-state index contributed by atoms with van der Waals surface area (Å²) in [5.74, 6) is 0. The zero-order valence-electron chi connectivity index (χ0n) is 6.23. The lowest BCUT2D eigenvalue weighted by Gasteiger charge is -1.92. The molecule has 0 saturated heterocycles. The van der Waals surface area contributed by atoms with Gasteiger partial charge in [0.25, 0.3) is 0 Å². The minimum absolute atomic E-state index is 0.370. The van der Waals surface area contributed by atoms with Crippen molar-refractivity contribution in [3.8, 4) is 0 Å². The first-order chi connectivity index (χ1) is 5.81. The van der Waals surface area contributed by atoms with Crippen LogP contribution in [0.5, 0.6) is 0 Å². The van der Waals surface area contributed by atoms with E-state index >= 15 is 0 Å². The highest BCUT2D eigenvalue weighted by molar-refractivity contribution is 5.70. The van der Waals surface area contributed by atoms with Gasteiger partial charge in [-0.2, -0.15) is 0 Å². The number of aromatic nitrogens is 2. The predicted molar refractivity (Wildman–Crippen MR) is 40.9 cm³/mol. The smallest absolute Gasteiger partial charge is 0.248 e. The van der Waals surface area contributed by atoms with Gasteiger partial charge in [-0.1, -0.05) is 6.07 Å². The fraction of sp³-hybridized carbons (Fsp3) is 0.143. The minimum Gasteiger partial charge on any atom is -0.359 e. The Morgan fingerprint density at radius 3 is 3.17 bits per heavy atom. The fourth-order valence-corrected chi connectivity index (χ4v) is 1.04. The van der Waals surface area contributed by atoms with Gasteiger partial charge in [0.2, 0.25) is 11.0 Å². The van der Waals surface area contributed by atoms with Crippen LogP contribution in [0.15, 0.2) is 22.8 Å². The maximum absolute atomic E-state index is 10.9. The summed E-state index contributed by atoms with van der Waals surface area (Å²) in [6.45, 7) is 0.404. The lowest BCUT2D eigenvalue weighted by Crippen LogP contribution is -2.22. The first kappa shape index (κ1) is 7.05. The number of nitrogens with two attached hydrogens (primary N) is 1. The van der Waals surface area contributed by atoms with Crippen LogP contribution in [-0.4, -0.2) is 5.16 Å². The van der Waals surface area contributed by atoms with E-state index in [-0.39, 0.29) is 0 Å². The molecule has 0 atom stereocenters. The Hall–Kier alpha value is -1.62. The van der Waals surface area contributed by atoms with Gasteiger partial charge in [-0.15, -0.1) is 0 Å². The Morgan fingerprint density at radius 2 is 2.42 bits per heavy atom. The normalized spacial score (nSPS) is 10.8. The van der Waals surface area contributed by atoms with Crippen molar-refractivity contribution in [1.29, 1.82) is 0 Å². The molecule has 5 nitrogen and oxygen atoms in total. The predicted octanol–water partition coefficient (Wildman–Crippen LogP) is -0.0801. The van der Waals surface area contributed by atoms with Crippen molar-refractivity contribution in [3.63, 3.8) is 0 Å². The Kier molecular flexibility index (Phi) is 1.44. The molecule has 0 fully saturated rings. The summed E-state index contributed by atoms with van der Waals surface area (Å²) in [5.41, 5.74) is 7.24. The van der Waals surface area contributed by atoms with Gasteiger partial charge in [-0.25, -0.2) is 0 Å². The average molecular weight is 165 g/mol. The van der Waals surface area contributed by atoms with Gasteiger partial charge in [0.05, 0.1) is 0 Å². The zero-order chi connectivity index (χ0) is 8.55. The van der Waals surface area contributed by atoms with E-state index in [2.05, 4.69) is 9.79 Å². The van der Waals surface area contributed by atoms with Gasteiger partial charge in [-0.05, 0) is 22.6 Å². The van der Waals surface area contributed by atoms with Gasteiger partial charge >= 0.3 is 0 Å². The van der Waals surface area contributed by atoms with E-state index in [0.717, 1.165) is 5.56 Å². The third kappa shape index (κ3) is 0.911. The maximum atomic E-state index is 10.9. The Balaban J connectivity index is 2.71. The second-order valence-electron chi connectivity index (χ2n) is 2.46. The summed E-state index contributed by atoms with van der Waals surface area (Å²) >= 11 is 0. The van der Waals surface area contributed by atoms with E-state index in [1.54, 1.807) is 12.1 Å². The van der Waals surface area contributed by atoms with E-state index in [9.17, 15) is 5.21 Å². The Morgan fingerprint density at radius 1 is 1.58 bits per heavy atom. The number of benzene rings is 1. The lowest BCUT2D eigenvalue weighted by atomic mass is 10.2. The number of hydrogen-bond donors (Lipinski definition) is 1. The molecule has 0 unspecified atom stereocenters. The molecule has 12 heavy (non-hydrogen) atoms. The lowest BCUT2D eigenvalue weighted by molar-refractivity contribution is -0.782. The van der Waals surface area contributed by atoms with E-state index in [1.165, 1.54) is 0 Å². The van der Waals surface area contributed by atoms with Crippen molar-refractivity contribution >= 4 is 11.0 Å². The Bertz CT molecular complexity index is 410. The van der Waals surface area contributed by atoms with Gasteiger partial charge < -0.3 is 10.9 Å². The molecule has 2 N–H and O–H groups in total. The summed E-state index contributed by atoms with van der Waals surface area (Å²) in [4.78, 5) is 0.370. The van der Waals surface area contributed by atoms with E-state index in [1.807, 2.05) is 6.07 Å². The van der Waals surface area contributed by atoms with Crippen LogP contribution in [0.25, 0.3) is 11.0 Å². The molecule has 0 saturated carbocycles. The molecule has 0 aliphatic heterocycles. The van der Waals surface area contributed by atoms with Crippen LogP contribution in [0.4, 0.5) is 0 Å². The van der Waals surface area contributed by atoms with E-state index in [0.29, 0.717) is 22.5 Å². The molecule has 1 heterocycles. The minimum atomic E-state index is 0.370. The second kappa shape index (κ2) is 2.46. The van der Waals surface area contributed by atoms with Gasteiger partial charge in [0.1, 0.15) is 0 Å². The molecule has 2 aromatic rings. The standard InChI is InChI=1S/C7H7N3O2/c8-4-5-1-2-6-7(3-5)10(11)12-9-6/h1-3H,4,8H2. The van der Waals surface area contributed by atoms with Crippen LogP contribution in [0.3, 0.4) is 0 Å². The molecule has 0 spiro atoms. The quantitative estimate of drug-likeness (QED) is 0.599. The monoisotopic (exact) mass is 165 g/mol. The maximum Gasteiger partial charge on any atom is 0.248 e. The first-order valence-electron chi connectivity index (χ1n) is 3.49. The van der Waals surface area contributed by atoms with Crippen LogP contribution < -0.4 is 10.6 Å². The van der Waals surface area contributed by atoms with Crippen LogP contribution in [-0.2, 0) is 6.54 Å². The number of hydrogen-bond acceptors (Lipinski definition) is 4. The molecule has 0 bridgehead atoms. The van der Waals surface area contributed by atoms with Gasteiger partial charge in [0, 0.05) is 11.7 Å². The van der Waals surface area contributed by atoms with E-state index < -0.39 is 0 Å². The molecule has 1 aromatic carbocycles. The Labute approximate surface area is 67.9 Å². The average Bonchev–Trinajstić information content (AvgIpc) is 2.47. The molecule has 0 aliphatic carbocycles. The molecule has 0 radical (unpaired) electrons. The summed E-state index contributed by atoms with van der Waals surface area (Å²) in [6.07, 6.45) is 0. The highest BCUT2D eigenvalue weighted by Gasteiger charge is 2.08. The van der Waals surface area contributed by atoms with Crippen molar-refractivity contribution in [2.24, 2.45) is 5.73 Å². The molecule has 1 aromatic heterocycles. The van der Waals surface area contributed by atoms with Crippen LogP contribution in [0, 0.1) is 5.21 Å². The largest absolute Gasteiger partial charge is 0.359 e. The highest BCUT2D eigenvalue weighted by atomic mass is 16.8. The van der Waals surface area contributed by atoms with Crippen molar-refractivity contribution in [2.75, 3.05) is 0 Å². The van der Waals surface area contributed by atoms with Crippen LogP contribution in [0.2, 0.25) is 0 Å². The summed E-state index contributed by atoms with van der Waals surface area (Å²) in [7, 11) is 0. The zero-order valence-corrected chi connectivity index (χ0v) is 6.23. The van der Waals surface area contributed by atoms with Crippen molar-refractivity contribution in [3.05, 3.63) is 29.0 Å². The van der Waals surface area contributed by atoms with Gasteiger partial charge in [-0.3, -0.25) is 4.63 Å². The number of nitrogens with zero attached hydrogens (tertiary/aromatic N) is 2. The van der Waals surface area contributed by atoms with Crippen molar-refractivity contribution in [1.82, 2.24) is 5.16 Å². The SMILES string of the molecule is NCc1ccc2no[n+]([O-])c2c1. The van der Waals surface area contributed by atoms with Crippen LogP contribution >= 0.6 is 0 Å². The molecule has 0 amide bonds. The van der Waals surface area contributed by atoms with Crippen molar-refractivity contribution < 1.29 is 9.53 Å².